The summed E-state index contributed by atoms with van der Waals surface area (Å²) in [6.45, 7) is 2.49. The molecule has 8 heteroatoms. The molecule has 1 N–H and O–H groups in total. The maximum absolute atomic E-state index is 12.5. The average Bonchev–Trinajstić information content (AvgIpc) is 3.22. The predicted octanol–water partition coefficient (Wildman–Crippen LogP) is 1.97. The van der Waals surface area contributed by atoms with Gasteiger partial charge >= 0.3 is 0 Å². The fraction of sp³-hybridized carbons (Fsp3) is 0.421. The highest BCUT2D eigenvalue weighted by Crippen LogP contribution is 2.30. The van der Waals surface area contributed by atoms with Crippen LogP contribution in [0.2, 0.25) is 0 Å². The summed E-state index contributed by atoms with van der Waals surface area (Å²) in [4.78, 5) is 26.6. The average molecular weight is 369 g/mol. The van der Waals surface area contributed by atoms with Gasteiger partial charge in [-0.1, -0.05) is 0 Å². The number of ether oxygens (including phenoxy) is 2. The number of benzene rings is 1. The zero-order chi connectivity index (χ0) is 18.8. The van der Waals surface area contributed by atoms with Crippen molar-refractivity contribution < 1.29 is 9.47 Å². The first-order valence-corrected chi connectivity index (χ1v) is 9.02. The first-order valence-electron chi connectivity index (χ1n) is 9.02. The van der Waals surface area contributed by atoms with Crippen molar-refractivity contribution in [3.63, 3.8) is 0 Å². The summed E-state index contributed by atoms with van der Waals surface area (Å²) >= 11 is 0. The van der Waals surface area contributed by atoms with Crippen molar-refractivity contribution >= 4 is 10.9 Å². The molecule has 1 aliphatic rings. The summed E-state index contributed by atoms with van der Waals surface area (Å²) < 4.78 is 12.8. The molecule has 3 heterocycles. The molecule has 1 saturated heterocycles. The van der Waals surface area contributed by atoms with Gasteiger partial charge in [0.05, 0.1) is 38.0 Å². The molecule has 1 unspecified atom stereocenters. The number of rotatable bonds is 5. The van der Waals surface area contributed by atoms with E-state index in [9.17, 15) is 4.79 Å². The van der Waals surface area contributed by atoms with Crippen LogP contribution in [0.1, 0.15) is 24.7 Å². The van der Waals surface area contributed by atoms with Crippen LogP contribution < -0.4 is 15.0 Å². The molecule has 4 rings (SSSR count). The van der Waals surface area contributed by atoms with Crippen LogP contribution in [-0.4, -0.2) is 51.7 Å². The smallest absolute Gasteiger partial charge is 0.258 e. The quantitative estimate of drug-likeness (QED) is 0.740. The minimum Gasteiger partial charge on any atom is -0.493 e. The highest BCUT2D eigenvalue weighted by Gasteiger charge is 2.22. The molecule has 0 aliphatic carbocycles. The summed E-state index contributed by atoms with van der Waals surface area (Å²) in [5.74, 6) is 1.74. The van der Waals surface area contributed by atoms with Crippen molar-refractivity contribution in [3.05, 3.63) is 47.0 Å². The lowest BCUT2D eigenvalue weighted by atomic mass is 10.1. The number of hydrogen-bond acceptors (Lipinski definition) is 6. The van der Waals surface area contributed by atoms with E-state index in [0.29, 0.717) is 40.8 Å². The molecule has 0 bridgehead atoms. The van der Waals surface area contributed by atoms with E-state index in [1.165, 1.54) is 0 Å². The molecule has 1 fully saturated rings. The van der Waals surface area contributed by atoms with Crippen molar-refractivity contribution in [2.45, 2.75) is 25.4 Å². The first-order chi connectivity index (χ1) is 13.2. The fourth-order valence-corrected chi connectivity index (χ4v) is 3.70. The fourth-order valence-electron chi connectivity index (χ4n) is 3.70. The number of imidazole rings is 1. The van der Waals surface area contributed by atoms with Crippen LogP contribution in [0.3, 0.4) is 0 Å². The van der Waals surface area contributed by atoms with Gasteiger partial charge in [0.15, 0.2) is 11.5 Å². The van der Waals surface area contributed by atoms with Crippen LogP contribution in [0.5, 0.6) is 11.5 Å². The maximum atomic E-state index is 12.5. The normalized spacial score (nSPS) is 17.9. The van der Waals surface area contributed by atoms with Crippen molar-refractivity contribution in [1.82, 2.24) is 24.4 Å². The number of piperidine rings is 1. The van der Waals surface area contributed by atoms with E-state index in [2.05, 4.69) is 24.4 Å². The second-order valence-electron chi connectivity index (χ2n) is 6.78. The molecule has 2 aromatic heterocycles. The Bertz CT molecular complexity index is 983. The SMILES string of the molecule is COc1cc2nc(CN3CCCC(n4ccnc4)C3)[nH]c(=O)c2cc1OC. The van der Waals surface area contributed by atoms with Crippen LogP contribution in [0.15, 0.2) is 35.6 Å². The highest BCUT2D eigenvalue weighted by molar-refractivity contribution is 5.81. The van der Waals surface area contributed by atoms with Crippen LogP contribution >= 0.6 is 0 Å². The Morgan fingerprint density at radius 2 is 2.07 bits per heavy atom. The standard InChI is InChI=1S/C19H23N5O3/c1-26-16-8-14-15(9-17(16)27-2)21-18(22-19(14)25)11-23-6-3-4-13(10-23)24-7-5-20-12-24/h5,7-9,12-13H,3-4,6,10-11H2,1-2H3,(H,21,22,25). The van der Waals surface area contributed by atoms with Gasteiger partial charge in [-0.05, 0) is 25.5 Å². The molecular weight excluding hydrogens is 346 g/mol. The van der Waals surface area contributed by atoms with Gasteiger partial charge < -0.3 is 19.0 Å². The number of aromatic amines is 1. The van der Waals surface area contributed by atoms with Gasteiger partial charge in [0.25, 0.3) is 5.56 Å². The molecule has 1 atom stereocenters. The topological polar surface area (TPSA) is 85.3 Å². The van der Waals surface area contributed by atoms with Crippen LogP contribution in [0, 0.1) is 0 Å². The van der Waals surface area contributed by atoms with E-state index in [-0.39, 0.29) is 5.56 Å². The largest absolute Gasteiger partial charge is 0.493 e. The Hall–Kier alpha value is -2.87. The third-order valence-electron chi connectivity index (χ3n) is 5.06. The van der Waals surface area contributed by atoms with Gasteiger partial charge in [-0.3, -0.25) is 9.69 Å². The van der Waals surface area contributed by atoms with E-state index in [1.54, 1.807) is 26.4 Å². The minimum absolute atomic E-state index is 0.167. The van der Waals surface area contributed by atoms with Crippen molar-refractivity contribution in [2.24, 2.45) is 0 Å². The Kier molecular flexibility index (Phi) is 4.81. The van der Waals surface area contributed by atoms with Gasteiger partial charge in [0.1, 0.15) is 5.82 Å². The molecular formula is C19H23N5O3. The monoisotopic (exact) mass is 369 g/mol. The van der Waals surface area contributed by atoms with Gasteiger partial charge in [0, 0.05) is 31.0 Å². The van der Waals surface area contributed by atoms with Crippen LogP contribution in [0.4, 0.5) is 0 Å². The van der Waals surface area contributed by atoms with Crippen LogP contribution in [0.25, 0.3) is 10.9 Å². The molecule has 0 radical (unpaired) electrons. The molecule has 1 aliphatic heterocycles. The second kappa shape index (κ2) is 7.40. The number of nitrogens with zero attached hydrogens (tertiary/aromatic N) is 4. The summed E-state index contributed by atoms with van der Waals surface area (Å²) in [7, 11) is 3.12. The number of hydrogen-bond donors (Lipinski definition) is 1. The minimum atomic E-state index is -0.167. The number of H-pyrrole nitrogens is 1. The predicted molar refractivity (Wildman–Crippen MR) is 101 cm³/mol. The Balaban J connectivity index is 1.59. The van der Waals surface area contributed by atoms with E-state index >= 15 is 0 Å². The third kappa shape index (κ3) is 3.52. The van der Waals surface area contributed by atoms with Gasteiger partial charge in [-0.2, -0.15) is 0 Å². The number of likely N-dealkylation sites (tertiary alicyclic amines) is 1. The van der Waals surface area contributed by atoms with E-state index in [4.69, 9.17) is 9.47 Å². The first kappa shape index (κ1) is 17.5. The highest BCUT2D eigenvalue weighted by atomic mass is 16.5. The summed E-state index contributed by atoms with van der Waals surface area (Å²) in [5, 5.41) is 0.492. The van der Waals surface area contributed by atoms with Gasteiger partial charge in [-0.15, -0.1) is 0 Å². The van der Waals surface area contributed by atoms with Gasteiger partial charge in [0.2, 0.25) is 0 Å². The maximum Gasteiger partial charge on any atom is 0.258 e. The number of nitrogens with one attached hydrogen (secondary N) is 1. The lowest BCUT2D eigenvalue weighted by molar-refractivity contribution is 0.166. The Labute approximate surface area is 156 Å². The third-order valence-corrected chi connectivity index (χ3v) is 5.06. The van der Waals surface area contributed by atoms with Crippen LogP contribution in [-0.2, 0) is 6.54 Å². The summed E-state index contributed by atoms with van der Waals surface area (Å²) in [5.41, 5.74) is 0.439. The zero-order valence-electron chi connectivity index (χ0n) is 15.5. The molecule has 142 valence electrons. The van der Waals surface area contributed by atoms with Gasteiger partial charge in [-0.25, -0.2) is 9.97 Å². The molecule has 0 saturated carbocycles. The second-order valence-corrected chi connectivity index (χ2v) is 6.78. The van der Waals surface area contributed by atoms with Crippen molar-refractivity contribution in [3.8, 4) is 11.5 Å². The number of aromatic nitrogens is 4. The number of fused-ring (bicyclic) bond motifs is 1. The summed E-state index contributed by atoms with van der Waals surface area (Å²) in [6.07, 6.45) is 7.91. The van der Waals surface area contributed by atoms with Crippen molar-refractivity contribution in [1.29, 1.82) is 0 Å². The number of methoxy groups -OCH3 is 2. The zero-order valence-corrected chi connectivity index (χ0v) is 15.5. The van der Waals surface area contributed by atoms with E-state index < -0.39 is 0 Å². The van der Waals surface area contributed by atoms with Crippen molar-refractivity contribution in [2.75, 3.05) is 27.3 Å². The molecule has 8 nitrogen and oxygen atoms in total. The van der Waals surface area contributed by atoms with E-state index in [1.807, 2.05) is 18.7 Å². The molecule has 1 aromatic carbocycles. The Morgan fingerprint density at radius 3 is 2.81 bits per heavy atom. The molecule has 0 amide bonds. The summed E-state index contributed by atoms with van der Waals surface area (Å²) in [6, 6.07) is 3.81. The Morgan fingerprint density at radius 1 is 1.26 bits per heavy atom. The molecule has 0 spiro atoms. The van der Waals surface area contributed by atoms with E-state index in [0.717, 1.165) is 25.9 Å². The lowest BCUT2D eigenvalue weighted by Gasteiger charge is -2.32. The lowest BCUT2D eigenvalue weighted by Crippen LogP contribution is -2.36. The molecule has 3 aromatic rings. The molecule has 27 heavy (non-hydrogen) atoms.